The molecule has 19 heavy (non-hydrogen) atoms. The Hall–Kier alpha value is -1.56. The highest BCUT2D eigenvalue weighted by atomic mass is 127. The van der Waals surface area contributed by atoms with Gasteiger partial charge in [-0.1, -0.05) is 0 Å². The van der Waals surface area contributed by atoms with Gasteiger partial charge in [0.05, 0.1) is 12.2 Å². The number of halogens is 1. The molecule has 0 amide bonds. The predicted molar refractivity (Wildman–Crippen MR) is 81.7 cm³/mol. The summed E-state index contributed by atoms with van der Waals surface area (Å²) in [4.78, 5) is 11.9. The van der Waals surface area contributed by atoms with E-state index in [1.54, 1.807) is 36.4 Å². The van der Waals surface area contributed by atoms with Crippen molar-refractivity contribution >= 4 is 28.6 Å². The van der Waals surface area contributed by atoms with Crippen LogP contribution in [0.25, 0.3) is 0 Å². The lowest BCUT2D eigenvalue weighted by Gasteiger charge is -2.06. The highest BCUT2D eigenvalue weighted by molar-refractivity contribution is 14.1. The van der Waals surface area contributed by atoms with Gasteiger partial charge in [-0.05, 0) is 78.0 Å². The number of carbonyl (C=O) groups excluding carboxylic acids is 1. The molecule has 0 heterocycles. The van der Waals surface area contributed by atoms with Crippen LogP contribution in [0.15, 0.2) is 48.5 Å². The average molecular weight is 368 g/mol. The van der Waals surface area contributed by atoms with Gasteiger partial charge in [0.2, 0.25) is 0 Å². The highest BCUT2D eigenvalue weighted by Crippen LogP contribution is 2.17. The van der Waals surface area contributed by atoms with Crippen molar-refractivity contribution in [3.63, 3.8) is 0 Å². The number of benzene rings is 2. The van der Waals surface area contributed by atoms with E-state index in [1.165, 1.54) is 0 Å². The van der Waals surface area contributed by atoms with Gasteiger partial charge < -0.3 is 9.47 Å². The molecule has 0 saturated heterocycles. The zero-order chi connectivity index (χ0) is 13.7. The maximum absolute atomic E-state index is 11.9. The van der Waals surface area contributed by atoms with Gasteiger partial charge in [0.1, 0.15) is 11.5 Å². The van der Waals surface area contributed by atoms with Crippen LogP contribution in [0.5, 0.6) is 11.5 Å². The van der Waals surface area contributed by atoms with Gasteiger partial charge in [0.15, 0.2) is 0 Å². The van der Waals surface area contributed by atoms with Crippen LogP contribution >= 0.6 is 22.6 Å². The average Bonchev–Trinajstić information content (AvgIpc) is 2.42. The van der Waals surface area contributed by atoms with Gasteiger partial charge in [0.25, 0.3) is 0 Å². The zero-order valence-corrected chi connectivity index (χ0v) is 12.6. The van der Waals surface area contributed by atoms with Crippen LogP contribution in [-0.4, -0.2) is 12.6 Å². The van der Waals surface area contributed by atoms with Crippen molar-refractivity contribution in [2.45, 2.75) is 6.92 Å². The molecule has 2 aromatic rings. The molecule has 2 aromatic carbocycles. The van der Waals surface area contributed by atoms with E-state index in [0.717, 1.165) is 9.32 Å². The molecule has 0 unspecified atom stereocenters. The third-order valence-corrected chi connectivity index (χ3v) is 3.14. The van der Waals surface area contributed by atoms with E-state index in [2.05, 4.69) is 22.6 Å². The number of hydrogen-bond acceptors (Lipinski definition) is 3. The third-order valence-electron chi connectivity index (χ3n) is 2.43. The molecule has 0 atom stereocenters. The van der Waals surface area contributed by atoms with Gasteiger partial charge in [-0.15, -0.1) is 0 Å². The van der Waals surface area contributed by atoms with E-state index in [1.807, 2.05) is 19.1 Å². The molecule has 0 saturated carbocycles. The van der Waals surface area contributed by atoms with Crippen LogP contribution in [0.1, 0.15) is 17.3 Å². The second-order valence-electron chi connectivity index (χ2n) is 3.80. The summed E-state index contributed by atoms with van der Waals surface area (Å²) in [5.74, 6) is 0.914. The summed E-state index contributed by atoms with van der Waals surface area (Å²) in [7, 11) is 0. The first-order chi connectivity index (χ1) is 9.19. The summed E-state index contributed by atoms with van der Waals surface area (Å²) in [6.07, 6.45) is 0. The standard InChI is InChI=1S/C15H13IO3/c1-2-18-13-7-3-11(4-8-13)15(17)19-14-9-5-12(16)6-10-14/h3-10H,2H2,1H3. The summed E-state index contributed by atoms with van der Waals surface area (Å²) in [6, 6.07) is 14.2. The minimum atomic E-state index is -0.371. The van der Waals surface area contributed by atoms with Crippen molar-refractivity contribution in [3.05, 3.63) is 57.7 Å². The maximum atomic E-state index is 11.9. The first-order valence-electron chi connectivity index (χ1n) is 5.89. The Bertz CT molecular complexity index is 547. The molecule has 0 aliphatic rings. The lowest BCUT2D eigenvalue weighted by Crippen LogP contribution is -2.08. The second-order valence-corrected chi connectivity index (χ2v) is 5.05. The summed E-state index contributed by atoms with van der Waals surface area (Å²) in [5.41, 5.74) is 0.502. The molecular weight excluding hydrogens is 355 g/mol. The number of ether oxygens (including phenoxy) is 2. The van der Waals surface area contributed by atoms with Crippen LogP contribution in [-0.2, 0) is 0 Å². The van der Waals surface area contributed by atoms with Crippen LogP contribution in [0.2, 0.25) is 0 Å². The topological polar surface area (TPSA) is 35.5 Å². The summed E-state index contributed by atoms with van der Waals surface area (Å²) in [5, 5.41) is 0. The van der Waals surface area contributed by atoms with Crippen molar-refractivity contribution in [3.8, 4) is 11.5 Å². The summed E-state index contributed by atoms with van der Waals surface area (Å²) in [6.45, 7) is 2.52. The Labute approximate surface area is 125 Å². The first kappa shape index (κ1) is 13.9. The first-order valence-corrected chi connectivity index (χ1v) is 6.97. The lowest BCUT2D eigenvalue weighted by molar-refractivity contribution is 0.0734. The van der Waals surface area contributed by atoms with E-state index in [4.69, 9.17) is 9.47 Å². The van der Waals surface area contributed by atoms with Crippen LogP contribution in [0, 0.1) is 3.57 Å². The Morgan fingerprint density at radius 1 is 1.00 bits per heavy atom. The van der Waals surface area contributed by atoms with Crippen molar-refractivity contribution < 1.29 is 14.3 Å². The summed E-state index contributed by atoms with van der Waals surface area (Å²) < 4.78 is 11.7. The fourth-order valence-corrected chi connectivity index (χ4v) is 1.88. The quantitative estimate of drug-likeness (QED) is 0.466. The van der Waals surface area contributed by atoms with Crippen LogP contribution in [0.4, 0.5) is 0 Å². The monoisotopic (exact) mass is 368 g/mol. The van der Waals surface area contributed by atoms with Gasteiger partial charge in [0, 0.05) is 3.57 Å². The number of esters is 1. The molecular formula is C15H13IO3. The Morgan fingerprint density at radius 2 is 1.58 bits per heavy atom. The molecule has 0 bridgehead atoms. The van der Waals surface area contributed by atoms with Crippen LogP contribution < -0.4 is 9.47 Å². The Morgan fingerprint density at radius 3 is 2.16 bits per heavy atom. The Balaban J connectivity index is 2.05. The zero-order valence-electron chi connectivity index (χ0n) is 10.4. The minimum absolute atomic E-state index is 0.371. The largest absolute Gasteiger partial charge is 0.494 e. The van der Waals surface area contributed by atoms with Crippen molar-refractivity contribution in [2.24, 2.45) is 0 Å². The molecule has 0 aromatic heterocycles. The summed E-state index contributed by atoms with van der Waals surface area (Å²) >= 11 is 2.20. The van der Waals surface area contributed by atoms with E-state index in [9.17, 15) is 4.79 Å². The van der Waals surface area contributed by atoms with E-state index in [-0.39, 0.29) is 5.97 Å². The van der Waals surface area contributed by atoms with E-state index in [0.29, 0.717) is 17.9 Å². The molecule has 0 aliphatic heterocycles. The van der Waals surface area contributed by atoms with Crippen molar-refractivity contribution in [2.75, 3.05) is 6.61 Å². The fraction of sp³-hybridized carbons (Fsp3) is 0.133. The van der Waals surface area contributed by atoms with Gasteiger partial charge in [-0.25, -0.2) is 4.79 Å². The molecule has 3 nitrogen and oxygen atoms in total. The normalized spacial score (nSPS) is 10.0. The molecule has 0 N–H and O–H groups in total. The van der Waals surface area contributed by atoms with E-state index < -0.39 is 0 Å². The molecule has 98 valence electrons. The number of hydrogen-bond donors (Lipinski definition) is 0. The smallest absolute Gasteiger partial charge is 0.343 e. The molecule has 0 radical (unpaired) electrons. The van der Waals surface area contributed by atoms with Crippen molar-refractivity contribution in [1.82, 2.24) is 0 Å². The number of carbonyl (C=O) groups is 1. The van der Waals surface area contributed by atoms with Crippen LogP contribution in [0.3, 0.4) is 0 Å². The van der Waals surface area contributed by atoms with Gasteiger partial charge >= 0.3 is 5.97 Å². The molecule has 0 aliphatic carbocycles. The minimum Gasteiger partial charge on any atom is -0.494 e. The molecule has 4 heteroatoms. The van der Waals surface area contributed by atoms with E-state index >= 15 is 0 Å². The fourth-order valence-electron chi connectivity index (χ4n) is 1.52. The molecule has 2 rings (SSSR count). The predicted octanol–water partition coefficient (Wildman–Crippen LogP) is 3.91. The SMILES string of the molecule is CCOc1ccc(C(=O)Oc2ccc(I)cc2)cc1. The lowest BCUT2D eigenvalue weighted by atomic mass is 10.2. The van der Waals surface area contributed by atoms with Gasteiger partial charge in [-0.2, -0.15) is 0 Å². The number of rotatable bonds is 4. The Kier molecular flexibility index (Phi) is 4.79. The second kappa shape index (κ2) is 6.56. The molecule has 0 spiro atoms. The maximum Gasteiger partial charge on any atom is 0.343 e. The van der Waals surface area contributed by atoms with Gasteiger partial charge in [-0.3, -0.25) is 0 Å². The highest BCUT2D eigenvalue weighted by Gasteiger charge is 2.08. The third kappa shape index (κ3) is 3.96. The molecule has 0 fully saturated rings. The van der Waals surface area contributed by atoms with Crippen molar-refractivity contribution in [1.29, 1.82) is 0 Å².